The van der Waals surface area contributed by atoms with Gasteiger partial charge in [-0.25, -0.2) is 4.39 Å². The first-order chi connectivity index (χ1) is 6.61. The topological polar surface area (TPSA) is 43.7 Å². The zero-order valence-corrected chi connectivity index (χ0v) is 8.43. The molecule has 0 amide bonds. The van der Waals surface area contributed by atoms with Crippen LogP contribution in [0.25, 0.3) is 0 Å². The molecule has 5 heteroatoms. The highest BCUT2D eigenvalue weighted by Crippen LogP contribution is 2.35. The van der Waals surface area contributed by atoms with Crippen LogP contribution in [-0.2, 0) is 0 Å². The summed E-state index contributed by atoms with van der Waals surface area (Å²) in [5, 5.41) is 19.1. The molecule has 80 valence electrons. The van der Waals surface area contributed by atoms with Crippen molar-refractivity contribution in [1.29, 1.82) is 0 Å². The molecule has 0 saturated carbocycles. The minimum absolute atomic E-state index is 0.163. The highest BCUT2D eigenvalue weighted by Gasteiger charge is 2.46. The van der Waals surface area contributed by atoms with E-state index < -0.39 is 19.3 Å². The Morgan fingerprint density at radius 3 is 2.79 bits per heavy atom. The first-order valence-electron chi connectivity index (χ1n) is 5.39. The van der Waals surface area contributed by atoms with Gasteiger partial charge in [0.2, 0.25) is 0 Å². The Hall–Kier alpha value is -0.125. The maximum absolute atomic E-state index is 13.7. The van der Waals surface area contributed by atoms with E-state index in [9.17, 15) is 14.5 Å². The van der Waals surface area contributed by atoms with E-state index in [2.05, 4.69) is 0 Å². The molecule has 2 fully saturated rings. The summed E-state index contributed by atoms with van der Waals surface area (Å²) in [6.45, 7) is 1.68. The lowest BCUT2D eigenvalue weighted by atomic mass is 9.71. The SMILES string of the molecule is CB(O)N1C2CCCC1[C@H](F)[C@@H](O)C2. The van der Waals surface area contributed by atoms with Crippen molar-refractivity contribution in [3.63, 3.8) is 0 Å². The molecule has 0 spiro atoms. The fourth-order valence-electron chi connectivity index (χ4n) is 2.94. The first kappa shape index (κ1) is 10.4. The van der Waals surface area contributed by atoms with Gasteiger partial charge in [-0.05, 0) is 26.1 Å². The fourth-order valence-corrected chi connectivity index (χ4v) is 2.94. The standard InChI is InChI=1S/C9H17BFNO2/c1-10(14)12-6-3-2-4-7(12)9(11)8(13)5-6/h6-9,13-14H,2-5H2,1H3/t6?,7?,8-,9-/m0/s1. The summed E-state index contributed by atoms with van der Waals surface area (Å²) in [6, 6.07) is -0.117. The second-order valence-corrected chi connectivity index (χ2v) is 4.48. The molecule has 2 heterocycles. The number of aliphatic hydroxyl groups is 1. The summed E-state index contributed by atoms with van der Waals surface area (Å²) >= 11 is 0. The zero-order valence-electron chi connectivity index (χ0n) is 8.43. The van der Waals surface area contributed by atoms with Gasteiger partial charge in [-0.2, -0.15) is 0 Å². The van der Waals surface area contributed by atoms with Crippen LogP contribution in [0.1, 0.15) is 25.7 Å². The molecule has 2 N–H and O–H groups in total. The molecule has 0 aliphatic carbocycles. The van der Waals surface area contributed by atoms with Crippen molar-refractivity contribution in [1.82, 2.24) is 4.81 Å². The van der Waals surface area contributed by atoms with Gasteiger partial charge in [-0.3, -0.25) is 0 Å². The van der Waals surface area contributed by atoms with Crippen molar-refractivity contribution in [2.24, 2.45) is 0 Å². The van der Waals surface area contributed by atoms with Crippen LogP contribution in [0.15, 0.2) is 0 Å². The van der Waals surface area contributed by atoms with E-state index in [0.29, 0.717) is 6.42 Å². The van der Waals surface area contributed by atoms with Crippen molar-refractivity contribution < 1.29 is 14.5 Å². The van der Waals surface area contributed by atoms with E-state index >= 15 is 0 Å². The van der Waals surface area contributed by atoms with E-state index in [1.54, 1.807) is 6.82 Å². The molecule has 4 atom stereocenters. The predicted octanol–water partition coefficient (Wildman–Crippen LogP) is 0.422. The molecule has 2 bridgehead atoms. The molecule has 2 saturated heterocycles. The van der Waals surface area contributed by atoms with E-state index in [1.165, 1.54) is 0 Å². The third-order valence-electron chi connectivity index (χ3n) is 3.52. The number of nitrogens with zero attached hydrogens (tertiary/aromatic N) is 1. The van der Waals surface area contributed by atoms with Crippen molar-refractivity contribution in [3.8, 4) is 0 Å². The molecule has 2 unspecified atom stereocenters. The van der Waals surface area contributed by atoms with Crippen LogP contribution < -0.4 is 0 Å². The van der Waals surface area contributed by atoms with E-state index in [0.717, 1.165) is 19.3 Å². The number of hydrogen-bond donors (Lipinski definition) is 2. The lowest BCUT2D eigenvalue weighted by molar-refractivity contribution is -0.0550. The molecule has 3 nitrogen and oxygen atoms in total. The Kier molecular flexibility index (Phi) is 2.82. The van der Waals surface area contributed by atoms with Crippen LogP contribution >= 0.6 is 0 Å². The van der Waals surface area contributed by atoms with Crippen molar-refractivity contribution >= 4 is 7.05 Å². The second-order valence-electron chi connectivity index (χ2n) is 4.48. The summed E-state index contributed by atoms with van der Waals surface area (Å²) < 4.78 is 13.7. The normalized spacial score (nSPS) is 43.7. The van der Waals surface area contributed by atoms with Gasteiger partial charge in [0, 0.05) is 12.1 Å². The number of alkyl halides is 1. The lowest BCUT2D eigenvalue weighted by Crippen LogP contribution is -2.63. The average Bonchev–Trinajstić information content (AvgIpc) is 2.14. The number of halogens is 1. The average molecular weight is 201 g/mol. The Bertz CT molecular complexity index is 217. The van der Waals surface area contributed by atoms with E-state index in [1.807, 2.05) is 4.81 Å². The summed E-state index contributed by atoms with van der Waals surface area (Å²) in [5.41, 5.74) is 0. The van der Waals surface area contributed by atoms with Crippen LogP contribution in [0.4, 0.5) is 4.39 Å². The summed E-state index contributed by atoms with van der Waals surface area (Å²) in [6.07, 6.45) is 1.15. The number of rotatable bonds is 1. The Morgan fingerprint density at radius 2 is 2.14 bits per heavy atom. The third-order valence-corrected chi connectivity index (χ3v) is 3.52. The Labute approximate surface area is 84.0 Å². The molecule has 2 aliphatic heterocycles. The van der Waals surface area contributed by atoms with Gasteiger partial charge in [-0.1, -0.05) is 6.42 Å². The van der Waals surface area contributed by atoms with Crippen molar-refractivity contribution in [3.05, 3.63) is 0 Å². The molecule has 2 rings (SSSR count). The highest BCUT2D eigenvalue weighted by molar-refractivity contribution is 6.45. The number of piperidine rings is 2. The van der Waals surface area contributed by atoms with Gasteiger partial charge < -0.3 is 14.9 Å². The maximum atomic E-state index is 13.7. The van der Waals surface area contributed by atoms with Crippen LogP contribution in [0.2, 0.25) is 6.82 Å². The Morgan fingerprint density at radius 1 is 1.43 bits per heavy atom. The first-order valence-corrected chi connectivity index (χ1v) is 5.39. The molecule has 0 aromatic carbocycles. The van der Waals surface area contributed by atoms with Gasteiger partial charge >= 0.3 is 7.05 Å². The van der Waals surface area contributed by atoms with Crippen LogP contribution in [-0.4, -0.2) is 46.4 Å². The van der Waals surface area contributed by atoms with Gasteiger partial charge in [-0.15, -0.1) is 0 Å². The smallest absolute Gasteiger partial charge is 0.376 e. The largest absolute Gasteiger partial charge is 0.437 e. The number of hydrogen-bond acceptors (Lipinski definition) is 3. The summed E-state index contributed by atoms with van der Waals surface area (Å²) in [5.74, 6) is 0. The monoisotopic (exact) mass is 201 g/mol. The maximum Gasteiger partial charge on any atom is 0.376 e. The van der Waals surface area contributed by atoms with E-state index in [-0.39, 0.29) is 12.1 Å². The van der Waals surface area contributed by atoms with Crippen LogP contribution in [0.3, 0.4) is 0 Å². The Balaban J connectivity index is 2.18. The second kappa shape index (κ2) is 3.79. The molecular weight excluding hydrogens is 184 g/mol. The summed E-state index contributed by atoms with van der Waals surface area (Å²) in [7, 11) is -0.601. The lowest BCUT2D eigenvalue weighted by Gasteiger charge is -2.50. The van der Waals surface area contributed by atoms with Crippen molar-refractivity contribution in [2.45, 2.75) is 56.9 Å². The molecule has 0 radical (unpaired) electrons. The molecular formula is C9H17BFNO2. The predicted molar refractivity (Wildman–Crippen MR) is 52.6 cm³/mol. The van der Waals surface area contributed by atoms with Gasteiger partial charge in [0.1, 0.15) is 6.17 Å². The molecule has 0 aromatic rings. The van der Waals surface area contributed by atoms with Gasteiger partial charge in [0.05, 0.1) is 6.10 Å². The minimum Gasteiger partial charge on any atom is -0.437 e. The van der Waals surface area contributed by atoms with Crippen LogP contribution in [0.5, 0.6) is 0 Å². The number of fused-ring (bicyclic) bond motifs is 2. The van der Waals surface area contributed by atoms with E-state index in [4.69, 9.17) is 0 Å². The fraction of sp³-hybridized carbons (Fsp3) is 1.00. The van der Waals surface area contributed by atoms with Gasteiger partial charge in [0.25, 0.3) is 0 Å². The summed E-state index contributed by atoms with van der Waals surface area (Å²) in [4.78, 5) is 1.83. The minimum atomic E-state index is -1.19. The quantitative estimate of drug-likeness (QED) is 0.604. The number of aliphatic hydroxyl groups excluding tert-OH is 1. The zero-order chi connectivity index (χ0) is 10.3. The molecule has 0 aromatic heterocycles. The molecule has 2 aliphatic rings. The van der Waals surface area contributed by atoms with Gasteiger partial charge in [0.15, 0.2) is 0 Å². The van der Waals surface area contributed by atoms with Crippen LogP contribution in [0, 0.1) is 0 Å². The molecule has 14 heavy (non-hydrogen) atoms. The highest BCUT2D eigenvalue weighted by atomic mass is 19.1. The van der Waals surface area contributed by atoms with Crippen molar-refractivity contribution in [2.75, 3.05) is 0 Å². The third kappa shape index (κ3) is 1.57.